The molecule has 1 unspecified atom stereocenters. The van der Waals surface area contributed by atoms with Crippen LogP contribution in [0.2, 0.25) is 5.02 Å². The predicted molar refractivity (Wildman–Crippen MR) is 153 cm³/mol. The van der Waals surface area contributed by atoms with Gasteiger partial charge in [-0.15, -0.1) is 11.3 Å². The third-order valence-electron chi connectivity index (χ3n) is 5.80. The molecule has 1 amide bonds. The number of hydrogen-bond donors (Lipinski definition) is 1. The van der Waals surface area contributed by atoms with E-state index >= 15 is 0 Å². The van der Waals surface area contributed by atoms with Crippen molar-refractivity contribution in [2.24, 2.45) is 0 Å². The van der Waals surface area contributed by atoms with Gasteiger partial charge >= 0.3 is 5.97 Å². The van der Waals surface area contributed by atoms with Crippen molar-refractivity contribution in [2.75, 3.05) is 5.32 Å². The Bertz CT molecular complexity index is 1720. The Hall–Kier alpha value is -4.06. The van der Waals surface area contributed by atoms with Crippen molar-refractivity contribution < 1.29 is 19.2 Å². The highest BCUT2D eigenvalue weighted by Gasteiger charge is 2.28. The lowest BCUT2D eigenvalue weighted by Crippen LogP contribution is -2.25. The fourth-order valence-electron chi connectivity index (χ4n) is 3.89. The summed E-state index contributed by atoms with van der Waals surface area (Å²) < 4.78 is 7.79. The van der Waals surface area contributed by atoms with E-state index in [0.29, 0.717) is 25.6 Å². The predicted octanol–water partition coefficient (Wildman–Crippen LogP) is 7.26. The third-order valence-corrected chi connectivity index (χ3v) is 7.80. The van der Waals surface area contributed by atoms with Crippen molar-refractivity contribution >= 4 is 72.3 Å². The summed E-state index contributed by atoms with van der Waals surface area (Å²) in [6, 6.07) is 21.4. The molecule has 2 heterocycles. The lowest BCUT2D eigenvalue weighted by atomic mass is 10.1. The van der Waals surface area contributed by atoms with Gasteiger partial charge < -0.3 is 10.1 Å². The first-order chi connectivity index (χ1) is 18.7. The third kappa shape index (κ3) is 5.56. The maximum Gasteiger partial charge on any atom is 0.349 e. The number of nitrogens with zero attached hydrogens (tertiary/aromatic N) is 3. The number of benzene rings is 3. The van der Waals surface area contributed by atoms with Crippen LogP contribution in [0, 0.1) is 17.0 Å². The molecular formula is C27H18BrClN4O5S. The number of hydrogen-bond acceptors (Lipinski definition) is 7. The highest BCUT2D eigenvalue weighted by molar-refractivity contribution is 9.10. The second kappa shape index (κ2) is 11.0. The summed E-state index contributed by atoms with van der Waals surface area (Å²) in [5.41, 5.74) is 2.14. The lowest BCUT2D eigenvalue weighted by Gasteiger charge is -2.18. The van der Waals surface area contributed by atoms with E-state index in [-0.39, 0.29) is 5.69 Å². The summed E-state index contributed by atoms with van der Waals surface area (Å²) in [5.74, 6) is -1.29. The molecule has 1 atom stereocenters. The number of aromatic nitrogens is 2. The minimum absolute atomic E-state index is 0.136. The van der Waals surface area contributed by atoms with Gasteiger partial charge in [0.05, 0.1) is 22.0 Å². The molecule has 0 aliphatic heterocycles. The fourth-order valence-corrected chi connectivity index (χ4v) is 5.55. The maximum absolute atomic E-state index is 13.3. The van der Waals surface area contributed by atoms with Crippen molar-refractivity contribution in [3.8, 4) is 5.69 Å². The molecule has 0 radical (unpaired) electrons. The summed E-state index contributed by atoms with van der Waals surface area (Å²) in [5, 5.41) is 19.7. The first-order valence-electron chi connectivity index (χ1n) is 11.5. The number of halogens is 2. The number of anilines is 1. The van der Waals surface area contributed by atoms with Crippen molar-refractivity contribution in [3.63, 3.8) is 0 Å². The molecule has 5 rings (SSSR count). The van der Waals surface area contributed by atoms with Crippen molar-refractivity contribution in [1.29, 1.82) is 0 Å². The van der Waals surface area contributed by atoms with Gasteiger partial charge in [-0.25, -0.2) is 9.48 Å². The molecule has 0 saturated carbocycles. The number of non-ortho nitro benzene ring substituents is 1. The lowest BCUT2D eigenvalue weighted by molar-refractivity contribution is -0.384. The summed E-state index contributed by atoms with van der Waals surface area (Å²) in [4.78, 5) is 38.2. The number of ether oxygens (including phenoxy) is 1. The van der Waals surface area contributed by atoms with Gasteiger partial charge in [-0.05, 0) is 59.3 Å². The van der Waals surface area contributed by atoms with Crippen LogP contribution in [-0.2, 0) is 9.53 Å². The van der Waals surface area contributed by atoms with Crippen molar-refractivity contribution in [3.05, 3.63) is 115 Å². The quantitative estimate of drug-likeness (QED) is 0.116. The molecule has 2 aromatic heterocycles. The van der Waals surface area contributed by atoms with Crippen LogP contribution in [0.25, 0.3) is 15.9 Å². The van der Waals surface area contributed by atoms with Crippen LogP contribution in [0.3, 0.4) is 0 Å². The molecular weight excluding hydrogens is 608 g/mol. The van der Waals surface area contributed by atoms with Crippen molar-refractivity contribution in [2.45, 2.75) is 13.0 Å². The minimum Gasteiger partial charge on any atom is -0.443 e. The number of amides is 1. The summed E-state index contributed by atoms with van der Waals surface area (Å²) in [6.07, 6.45) is -1.28. The maximum atomic E-state index is 13.3. The monoisotopic (exact) mass is 624 g/mol. The smallest absolute Gasteiger partial charge is 0.349 e. The molecule has 0 aliphatic rings. The van der Waals surface area contributed by atoms with Crippen LogP contribution in [0.5, 0.6) is 0 Å². The zero-order valence-electron chi connectivity index (χ0n) is 20.1. The molecule has 0 spiro atoms. The molecule has 5 aromatic rings. The minimum atomic E-state index is -1.28. The van der Waals surface area contributed by atoms with E-state index in [0.717, 1.165) is 21.6 Å². The van der Waals surface area contributed by atoms with E-state index < -0.39 is 22.9 Å². The van der Waals surface area contributed by atoms with Crippen LogP contribution in [0.15, 0.2) is 83.3 Å². The Morgan fingerprint density at radius 2 is 1.82 bits per heavy atom. The number of nitrogens with one attached hydrogen (secondary N) is 1. The molecule has 12 heteroatoms. The number of aryl methyl sites for hydroxylation is 1. The Labute approximate surface area is 239 Å². The van der Waals surface area contributed by atoms with Gasteiger partial charge in [0.2, 0.25) is 6.10 Å². The summed E-state index contributed by atoms with van der Waals surface area (Å²) >= 11 is 10.5. The zero-order chi connectivity index (χ0) is 27.7. The van der Waals surface area contributed by atoms with Gasteiger partial charge in [0.25, 0.3) is 11.6 Å². The molecule has 0 bridgehead atoms. The number of fused-ring (bicyclic) bond motifs is 1. The second-order valence-corrected chi connectivity index (χ2v) is 10.7. The normalized spacial score (nSPS) is 11.8. The van der Waals surface area contributed by atoms with Crippen molar-refractivity contribution in [1.82, 2.24) is 9.78 Å². The Kier molecular flexibility index (Phi) is 7.47. The number of carbonyl (C=O) groups excluding carboxylic acids is 2. The first-order valence-corrected chi connectivity index (χ1v) is 13.5. The number of esters is 1. The number of thiophene rings is 1. The SMILES string of the molecule is Cc1nn(-c2ccc(Cl)cc2)c2sc(C(=O)OC(C(=O)Nc3ccc([N+](=O)[O-])cc3Br)c3ccccc3)cc12. The average Bonchev–Trinajstić information content (AvgIpc) is 3.50. The first kappa shape index (κ1) is 26.5. The Morgan fingerprint density at radius 3 is 2.49 bits per heavy atom. The second-order valence-electron chi connectivity index (χ2n) is 8.41. The number of nitro benzene ring substituents is 1. The zero-order valence-corrected chi connectivity index (χ0v) is 23.3. The highest BCUT2D eigenvalue weighted by atomic mass is 79.9. The summed E-state index contributed by atoms with van der Waals surface area (Å²) in [7, 11) is 0. The van der Waals surface area contributed by atoms with Crippen LogP contribution >= 0.6 is 38.9 Å². The van der Waals surface area contributed by atoms with Gasteiger partial charge in [-0.3, -0.25) is 14.9 Å². The van der Waals surface area contributed by atoms with Gasteiger partial charge in [0.15, 0.2) is 0 Å². The van der Waals surface area contributed by atoms with Gasteiger partial charge in [-0.2, -0.15) is 5.10 Å². The largest absolute Gasteiger partial charge is 0.443 e. The average molecular weight is 626 g/mol. The molecule has 0 saturated heterocycles. The number of carbonyl (C=O) groups is 2. The van der Waals surface area contributed by atoms with Crippen LogP contribution in [0.4, 0.5) is 11.4 Å². The number of nitro groups is 1. The van der Waals surface area contributed by atoms with Gasteiger partial charge in [-0.1, -0.05) is 41.9 Å². The number of rotatable bonds is 7. The fraction of sp³-hybridized carbons (Fsp3) is 0.0741. The van der Waals surface area contributed by atoms with E-state index in [1.807, 2.05) is 19.1 Å². The molecule has 9 nitrogen and oxygen atoms in total. The molecule has 0 fully saturated rings. The van der Waals surface area contributed by atoms with E-state index in [1.165, 1.54) is 29.5 Å². The molecule has 0 aliphatic carbocycles. The summed E-state index contributed by atoms with van der Waals surface area (Å²) in [6.45, 7) is 1.85. The van der Waals surface area contributed by atoms with Gasteiger partial charge in [0, 0.05) is 32.6 Å². The van der Waals surface area contributed by atoms with E-state index in [2.05, 4.69) is 26.3 Å². The molecule has 196 valence electrons. The van der Waals surface area contributed by atoms with Crippen LogP contribution < -0.4 is 5.32 Å². The van der Waals surface area contributed by atoms with E-state index in [9.17, 15) is 19.7 Å². The Balaban J connectivity index is 1.43. The van der Waals surface area contributed by atoms with E-state index in [4.69, 9.17) is 16.3 Å². The van der Waals surface area contributed by atoms with E-state index in [1.54, 1.807) is 53.2 Å². The molecule has 3 aromatic carbocycles. The topological polar surface area (TPSA) is 116 Å². The van der Waals surface area contributed by atoms with Gasteiger partial charge in [0.1, 0.15) is 9.71 Å². The standard InChI is InChI=1S/C27H18BrClN4O5S/c1-15-20-14-23(39-26(20)32(31-15)18-9-7-17(29)8-10-18)27(35)38-24(16-5-3-2-4-6-16)25(34)30-22-12-11-19(33(36)37)13-21(22)28/h2-14,24H,1H3,(H,30,34). The highest BCUT2D eigenvalue weighted by Crippen LogP contribution is 2.33. The van der Waals surface area contributed by atoms with Crippen LogP contribution in [-0.4, -0.2) is 26.6 Å². The Morgan fingerprint density at radius 1 is 1.10 bits per heavy atom. The van der Waals surface area contributed by atoms with Crippen LogP contribution in [0.1, 0.15) is 27.0 Å². The molecule has 1 N–H and O–H groups in total. The molecule has 39 heavy (non-hydrogen) atoms.